The van der Waals surface area contributed by atoms with Crippen LogP contribution in [0, 0.1) is 13.8 Å². The second-order valence-corrected chi connectivity index (χ2v) is 8.91. The maximum atomic E-state index is 13.5. The van der Waals surface area contributed by atoms with Gasteiger partial charge in [-0.2, -0.15) is 0 Å². The van der Waals surface area contributed by atoms with Gasteiger partial charge < -0.3 is 10.7 Å². The van der Waals surface area contributed by atoms with Crippen LogP contribution in [-0.2, 0) is 4.79 Å². The first kappa shape index (κ1) is 20.3. The van der Waals surface area contributed by atoms with Crippen molar-refractivity contribution in [2.24, 2.45) is 0 Å². The first-order valence-electron chi connectivity index (χ1n) is 10.5. The maximum Gasteiger partial charge on any atom is 0.240 e. The number of hydrogen-bond donors (Lipinski definition) is 2. The van der Waals surface area contributed by atoms with Gasteiger partial charge in [0.1, 0.15) is 5.25 Å². The van der Waals surface area contributed by atoms with Crippen molar-refractivity contribution in [2.75, 3.05) is 10.7 Å². The number of aromatic nitrogens is 3. The Balaban J connectivity index is 1.51. The van der Waals surface area contributed by atoms with Gasteiger partial charge >= 0.3 is 0 Å². The molecule has 6 nitrogen and oxygen atoms in total. The van der Waals surface area contributed by atoms with Crippen molar-refractivity contribution in [3.63, 3.8) is 0 Å². The zero-order valence-electron chi connectivity index (χ0n) is 17.8. The van der Waals surface area contributed by atoms with Gasteiger partial charge in [-0.15, -0.1) is 10.2 Å². The predicted molar refractivity (Wildman–Crippen MR) is 128 cm³/mol. The molecule has 32 heavy (non-hydrogen) atoms. The van der Waals surface area contributed by atoms with Gasteiger partial charge in [-0.25, -0.2) is 4.68 Å². The van der Waals surface area contributed by atoms with Gasteiger partial charge in [0.15, 0.2) is 5.82 Å². The van der Waals surface area contributed by atoms with Crippen molar-refractivity contribution in [3.8, 4) is 11.4 Å². The SMILES string of the molecule is Cc1cccc(NC(=O)[C@H]2Sc3nnc(-c4ccccc4)n3N[C@H]2c2ccccc2)c1C. The molecule has 5 rings (SSSR count). The van der Waals surface area contributed by atoms with E-state index in [0.29, 0.717) is 5.16 Å². The highest BCUT2D eigenvalue weighted by molar-refractivity contribution is 8.00. The molecule has 1 aromatic heterocycles. The van der Waals surface area contributed by atoms with E-state index in [4.69, 9.17) is 0 Å². The van der Waals surface area contributed by atoms with Gasteiger partial charge in [-0.3, -0.25) is 4.79 Å². The molecule has 3 aromatic carbocycles. The van der Waals surface area contributed by atoms with Gasteiger partial charge in [-0.1, -0.05) is 84.6 Å². The lowest BCUT2D eigenvalue weighted by Crippen LogP contribution is -2.41. The Morgan fingerprint density at radius 2 is 1.66 bits per heavy atom. The molecular formula is C25H23N5OS. The van der Waals surface area contributed by atoms with Crippen LogP contribution in [0.2, 0.25) is 0 Å². The molecule has 0 saturated carbocycles. The summed E-state index contributed by atoms with van der Waals surface area (Å²) in [5, 5.41) is 12.1. The van der Waals surface area contributed by atoms with E-state index in [1.165, 1.54) is 11.8 Å². The molecule has 0 radical (unpaired) electrons. The van der Waals surface area contributed by atoms with Gasteiger partial charge in [0.25, 0.3) is 0 Å². The molecule has 1 amide bonds. The molecule has 2 N–H and O–H groups in total. The molecule has 0 bridgehead atoms. The van der Waals surface area contributed by atoms with E-state index in [1.54, 1.807) is 0 Å². The molecule has 4 aromatic rings. The molecule has 0 fully saturated rings. The van der Waals surface area contributed by atoms with Crippen molar-refractivity contribution in [3.05, 3.63) is 95.6 Å². The lowest BCUT2D eigenvalue weighted by molar-refractivity contribution is -0.116. The van der Waals surface area contributed by atoms with Crippen molar-refractivity contribution < 1.29 is 4.79 Å². The number of hydrogen-bond acceptors (Lipinski definition) is 5. The Hall–Kier alpha value is -3.58. The van der Waals surface area contributed by atoms with Crippen LogP contribution in [0.5, 0.6) is 0 Å². The number of aryl methyl sites for hydroxylation is 1. The van der Waals surface area contributed by atoms with Gasteiger partial charge in [0.05, 0.1) is 6.04 Å². The van der Waals surface area contributed by atoms with Crippen LogP contribution in [0.3, 0.4) is 0 Å². The molecule has 0 spiro atoms. The number of thioether (sulfide) groups is 1. The lowest BCUT2D eigenvalue weighted by atomic mass is 10.0. The van der Waals surface area contributed by atoms with Crippen LogP contribution in [0.4, 0.5) is 5.69 Å². The number of carbonyl (C=O) groups excluding carboxylic acids is 1. The number of anilines is 1. The van der Waals surface area contributed by atoms with E-state index < -0.39 is 5.25 Å². The summed E-state index contributed by atoms with van der Waals surface area (Å²) >= 11 is 1.43. The summed E-state index contributed by atoms with van der Waals surface area (Å²) in [6, 6.07) is 25.6. The fraction of sp³-hybridized carbons (Fsp3) is 0.160. The second-order valence-electron chi connectivity index (χ2n) is 7.80. The molecule has 1 aliphatic heterocycles. The zero-order chi connectivity index (χ0) is 22.1. The number of amides is 1. The minimum atomic E-state index is -0.419. The van der Waals surface area contributed by atoms with Crippen molar-refractivity contribution in [2.45, 2.75) is 30.3 Å². The largest absolute Gasteiger partial charge is 0.325 e. The Morgan fingerprint density at radius 1 is 0.938 bits per heavy atom. The van der Waals surface area contributed by atoms with Gasteiger partial charge in [0.2, 0.25) is 11.1 Å². The van der Waals surface area contributed by atoms with E-state index in [2.05, 4.69) is 20.9 Å². The normalized spacial score (nSPS) is 17.3. The molecule has 0 unspecified atom stereocenters. The molecule has 0 aliphatic carbocycles. The third kappa shape index (κ3) is 3.76. The smallest absolute Gasteiger partial charge is 0.240 e. The summed E-state index contributed by atoms with van der Waals surface area (Å²) in [7, 11) is 0. The van der Waals surface area contributed by atoms with Crippen LogP contribution in [-0.4, -0.2) is 26.0 Å². The summed E-state index contributed by atoms with van der Waals surface area (Å²) < 4.78 is 1.89. The fourth-order valence-corrected chi connectivity index (χ4v) is 4.91. The Labute approximate surface area is 191 Å². The third-order valence-electron chi connectivity index (χ3n) is 5.75. The standard InChI is InChI=1S/C25H23N5OS/c1-16-10-9-15-20(17(16)2)26-24(31)22-21(18-11-5-3-6-12-18)29-30-23(27-28-25(30)32-22)19-13-7-4-8-14-19/h3-15,21-22,29H,1-2H3,(H,26,31)/t21-,22-/m0/s1. The molecule has 7 heteroatoms. The van der Waals surface area contributed by atoms with Crippen LogP contribution >= 0.6 is 11.8 Å². The highest BCUT2D eigenvalue weighted by Gasteiger charge is 2.38. The van der Waals surface area contributed by atoms with Crippen LogP contribution < -0.4 is 10.7 Å². The molecular weight excluding hydrogens is 418 g/mol. The van der Waals surface area contributed by atoms with E-state index in [0.717, 1.165) is 33.8 Å². The molecule has 1 aliphatic rings. The average molecular weight is 442 g/mol. The molecule has 2 atom stereocenters. The van der Waals surface area contributed by atoms with E-state index in [-0.39, 0.29) is 11.9 Å². The van der Waals surface area contributed by atoms with Gasteiger partial charge in [-0.05, 0) is 36.6 Å². The topological polar surface area (TPSA) is 71.8 Å². The fourth-order valence-electron chi connectivity index (χ4n) is 3.83. The summed E-state index contributed by atoms with van der Waals surface area (Å²) in [5.41, 5.74) is 8.55. The highest BCUT2D eigenvalue weighted by atomic mass is 32.2. The molecule has 0 saturated heterocycles. The van der Waals surface area contributed by atoms with Crippen molar-refractivity contribution in [1.82, 2.24) is 14.9 Å². The second kappa shape index (κ2) is 8.51. The monoisotopic (exact) mass is 441 g/mol. The van der Waals surface area contributed by atoms with E-state index in [1.807, 2.05) is 97.4 Å². The number of nitrogens with one attached hydrogen (secondary N) is 2. The van der Waals surface area contributed by atoms with Crippen LogP contribution in [0.15, 0.2) is 84.0 Å². The van der Waals surface area contributed by atoms with Crippen molar-refractivity contribution >= 4 is 23.4 Å². The van der Waals surface area contributed by atoms with E-state index >= 15 is 0 Å². The van der Waals surface area contributed by atoms with Gasteiger partial charge in [0, 0.05) is 11.3 Å². The summed E-state index contributed by atoms with van der Waals surface area (Å²) in [4.78, 5) is 13.5. The number of benzene rings is 3. The third-order valence-corrected chi connectivity index (χ3v) is 6.96. The van der Waals surface area contributed by atoms with Crippen LogP contribution in [0.1, 0.15) is 22.7 Å². The number of fused-ring (bicyclic) bond motifs is 1. The Morgan fingerprint density at radius 3 is 2.41 bits per heavy atom. The Bertz CT molecular complexity index is 1260. The highest BCUT2D eigenvalue weighted by Crippen LogP contribution is 2.39. The summed E-state index contributed by atoms with van der Waals surface area (Å²) in [5.74, 6) is 0.656. The Kier molecular flexibility index (Phi) is 5.41. The van der Waals surface area contributed by atoms with Crippen molar-refractivity contribution in [1.29, 1.82) is 0 Å². The zero-order valence-corrected chi connectivity index (χ0v) is 18.6. The number of carbonyl (C=O) groups is 1. The first-order valence-corrected chi connectivity index (χ1v) is 11.4. The molecule has 2 heterocycles. The number of rotatable bonds is 4. The quantitative estimate of drug-likeness (QED) is 0.468. The summed E-state index contributed by atoms with van der Waals surface area (Å²) in [6.45, 7) is 4.07. The minimum absolute atomic E-state index is 0.0689. The minimum Gasteiger partial charge on any atom is -0.325 e. The molecule has 160 valence electrons. The summed E-state index contributed by atoms with van der Waals surface area (Å²) in [6.07, 6.45) is 0. The maximum absolute atomic E-state index is 13.5. The average Bonchev–Trinajstić information content (AvgIpc) is 3.25. The van der Waals surface area contributed by atoms with Crippen LogP contribution in [0.25, 0.3) is 11.4 Å². The first-order chi connectivity index (χ1) is 15.6. The predicted octanol–water partition coefficient (Wildman–Crippen LogP) is 4.96. The lowest BCUT2D eigenvalue weighted by Gasteiger charge is -2.33. The number of nitrogens with zero attached hydrogens (tertiary/aromatic N) is 3. The van der Waals surface area contributed by atoms with E-state index in [9.17, 15) is 4.79 Å².